The first kappa shape index (κ1) is 28.3. The molecule has 0 radical (unpaired) electrons. The first-order chi connectivity index (χ1) is 19.5. The fourth-order valence-electron chi connectivity index (χ4n) is 5.66. The quantitative estimate of drug-likeness (QED) is 0.122. The predicted molar refractivity (Wildman–Crippen MR) is 163 cm³/mol. The van der Waals surface area contributed by atoms with Gasteiger partial charge in [-0.05, 0) is 105 Å². The number of benzene rings is 3. The lowest BCUT2D eigenvalue weighted by atomic mass is 10.0. The molecule has 1 aliphatic rings. The van der Waals surface area contributed by atoms with Crippen LogP contribution in [0.4, 0.5) is 0 Å². The van der Waals surface area contributed by atoms with E-state index in [1.54, 1.807) is 12.1 Å². The van der Waals surface area contributed by atoms with Gasteiger partial charge in [-0.1, -0.05) is 38.3 Å². The average molecular weight is 559 g/mol. The molecule has 0 atom stereocenters. The fourth-order valence-corrected chi connectivity index (χ4v) is 5.78. The van der Waals surface area contributed by atoms with Crippen LogP contribution in [0.5, 0.6) is 17.2 Å². The van der Waals surface area contributed by atoms with Gasteiger partial charge in [0, 0.05) is 46.3 Å². The zero-order valence-electron chi connectivity index (χ0n) is 23.6. The first-order valence-corrected chi connectivity index (χ1v) is 15.0. The molecule has 6 heteroatoms. The molecular weight excluding hydrogens is 520 g/mol. The van der Waals surface area contributed by atoms with Crippen molar-refractivity contribution in [3.63, 3.8) is 0 Å². The summed E-state index contributed by atoms with van der Waals surface area (Å²) in [6.07, 6.45) is 8.09. The summed E-state index contributed by atoms with van der Waals surface area (Å²) < 4.78 is 14.3. The summed E-state index contributed by atoms with van der Waals surface area (Å²) in [5, 5.41) is 1.57. The Morgan fingerprint density at radius 2 is 1.60 bits per heavy atom. The number of ketones is 1. The molecule has 0 bridgehead atoms. The number of carbonyl (C=O) groups excluding carboxylic acids is 1. The number of nitrogens with zero attached hydrogens (tertiary/aromatic N) is 2. The van der Waals surface area contributed by atoms with Gasteiger partial charge in [0.2, 0.25) is 0 Å². The van der Waals surface area contributed by atoms with E-state index in [4.69, 9.17) is 21.1 Å². The van der Waals surface area contributed by atoms with E-state index >= 15 is 0 Å². The Labute approximate surface area is 242 Å². The molecule has 0 amide bonds. The maximum atomic E-state index is 13.8. The summed E-state index contributed by atoms with van der Waals surface area (Å²) in [5.74, 6) is 2.85. The van der Waals surface area contributed by atoms with Crippen LogP contribution in [-0.2, 0) is 6.54 Å². The molecule has 0 N–H and O–H groups in total. The van der Waals surface area contributed by atoms with E-state index in [1.807, 2.05) is 54.7 Å². The Morgan fingerprint density at radius 3 is 2.30 bits per heavy atom. The van der Waals surface area contributed by atoms with Gasteiger partial charge in [-0.3, -0.25) is 4.79 Å². The SMILES string of the molecule is CCN(CC)CCCOc1ccc(C(=O)c2cn(CC3CCCC3)c3ccc(Oc4ccc(Cl)cc4)cc23)cc1. The van der Waals surface area contributed by atoms with E-state index in [0.717, 1.165) is 49.3 Å². The van der Waals surface area contributed by atoms with E-state index in [-0.39, 0.29) is 5.78 Å². The molecule has 1 heterocycles. The van der Waals surface area contributed by atoms with Crippen molar-refractivity contribution in [1.29, 1.82) is 0 Å². The van der Waals surface area contributed by atoms with Crippen molar-refractivity contribution < 1.29 is 14.3 Å². The Kier molecular flexibility index (Phi) is 9.45. The van der Waals surface area contributed by atoms with Gasteiger partial charge in [0.15, 0.2) is 5.78 Å². The van der Waals surface area contributed by atoms with Crippen LogP contribution in [0.25, 0.3) is 10.9 Å². The minimum absolute atomic E-state index is 0.00639. The number of hydrogen-bond acceptors (Lipinski definition) is 4. The molecule has 210 valence electrons. The highest BCUT2D eigenvalue weighted by Crippen LogP contribution is 2.33. The van der Waals surface area contributed by atoms with Gasteiger partial charge in [0.25, 0.3) is 0 Å². The van der Waals surface area contributed by atoms with Gasteiger partial charge in [0.1, 0.15) is 17.2 Å². The standard InChI is InChI=1S/C34H39ClN2O3/c1-3-36(4-2)20-7-21-39-28-14-10-26(11-15-28)34(38)32-24-37(23-25-8-5-6-9-25)33-19-18-30(22-31(32)33)40-29-16-12-27(35)13-17-29/h10-19,22,24-25H,3-9,20-21,23H2,1-2H3. The number of ether oxygens (including phenoxy) is 2. The van der Waals surface area contributed by atoms with Crippen LogP contribution in [0.3, 0.4) is 0 Å². The van der Waals surface area contributed by atoms with Gasteiger partial charge in [-0.2, -0.15) is 0 Å². The molecule has 0 unspecified atom stereocenters. The molecule has 0 aliphatic heterocycles. The normalized spacial score (nSPS) is 13.8. The van der Waals surface area contributed by atoms with Crippen LogP contribution in [0, 0.1) is 5.92 Å². The summed E-state index contributed by atoms with van der Waals surface area (Å²) in [6, 6.07) is 20.9. The molecule has 0 spiro atoms. The number of carbonyl (C=O) groups is 1. The maximum Gasteiger partial charge on any atom is 0.195 e. The van der Waals surface area contributed by atoms with Crippen LogP contribution >= 0.6 is 11.6 Å². The van der Waals surface area contributed by atoms with Gasteiger partial charge >= 0.3 is 0 Å². The van der Waals surface area contributed by atoms with Crippen LogP contribution in [0.1, 0.15) is 61.9 Å². The Morgan fingerprint density at radius 1 is 0.925 bits per heavy atom. The zero-order valence-corrected chi connectivity index (χ0v) is 24.3. The van der Waals surface area contributed by atoms with E-state index in [2.05, 4.69) is 29.4 Å². The minimum Gasteiger partial charge on any atom is -0.494 e. The molecule has 3 aromatic carbocycles. The van der Waals surface area contributed by atoms with E-state index in [9.17, 15) is 4.79 Å². The molecular formula is C34H39ClN2O3. The van der Waals surface area contributed by atoms with E-state index < -0.39 is 0 Å². The first-order valence-electron chi connectivity index (χ1n) is 14.6. The molecule has 1 aromatic heterocycles. The largest absolute Gasteiger partial charge is 0.494 e. The summed E-state index contributed by atoms with van der Waals surface area (Å²) >= 11 is 6.04. The molecule has 40 heavy (non-hydrogen) atoms. The van der Waals surface area contributed by atoms with Gasteiger partial charge in [-0.25, -0.2) is 0 Å². The van der Waals surface area contributed by atoms with Gasteiger partial charge in [-0.15, -0.1) is 0 Å². The third kappa shape index (κ3) is 6.89. The zero-order chi connectivity index (χ0) is 27.9. The number of aromatic nitrogens is 1. The summed E-state index contributed by atoms with van der Waals surface area (Å²) in [7, 11) is 0. The average Bonchev–Trinajstić information content (AvgIpc) is 3.62. The minimum atomic E-state index is 0.00639. The number of halogens is 1. The van der Waals surface area contributed by atoms with E-state index in [0.29, 0.717) is 40.2 Å². The molecule has 5 rings (SSSR count). The predicted octanol–water partition coefficient (Wildman–Crippen LogP) is 8.62. The smallest absolute Gasteiger partial charge is 0.195 e. The highest BCUT2D eigenvalue weighted by atomic mass is 35.5. The van der Waals surface area contributed by atoms with Crippen molar-refractivity contribution in [2.75, 3.05) is 26.2 Å². The molecule has 1 aliphatic carbocycles. The number of hydrogen-bond donors (Lipinski definition) is 0. The molecule has 1 fully saturated rings. The fraction of sp³-hybridized carbons (Fsp3) is 0.382. The van der Waals surface area contributed by atoms with Crippen molar-refractivity contribution in [3.05, 3.63) is 89.1 Å². The van der Waals surface area contributed by atoms with Crippen LogP contribution in [0.15, 0.2) is 72.9 Å². The van der Waals surface area contributed by atoms with Crippen molar-refractivity contribution >= 4 is 28.3 Å². The maximum absolute atomic E-state index is 13.8. The second-order valence-corrected chi connectivity index (χ2v) is 11.1. The van der Waals surface area contributed by atoms with Crippen molar-refractivity contribution in [2.45, 2.75) is 52.5 Å². The van der Waals surface area contributed by atoms with Gasteiger partial charge < -0.3 is 18.9 Å². The monoisotopic (exact) mass is 558 g/mol. The molecule has 5 nitrogen and oxygen atoms in total. The highest BCUT2D eigenvalue weighted by Gasteiger charge is 2.21. The van der Waals surface area contributed by atoms with Crippen molar-refractivity contribution in [1.82, 2.24) is 9.47 Å². The number of fused-ring (bicyclic) bond motifs is 1. The van der Waals surface area contributed by atoms with Crippen LogP contribution in [-0.4, -0.2) is 41.5 Å². The Bertz CT molecular complexity index is 1400. The van der Waals surface area contributed by atoms with E-state index in [1.165, 1.54) is 25.7 Å². The van der Waals surface area contributed by atoms with Crippen LogP contribution in [0.2, 0.25) is 5.02 Å². The Hall–Kier alpha value is -3.28. The topological polar surface area (TPSA) is 43.7 Å². The lowest BCUT2D eigenvalue weighted by molar-refractivity contribution is 0.104. The third-order valence-electron chi connectivity index (χ3n) is 7.97. The lowest BCUT2D eigenvalue weighted by Crippen LogP contribution is -2.25. The highest BCUT2D eigenvalue weighted by molar-refractivity contribution is 6.30. The summed E-state index contributed by atoms with van der Waals surface area (Å²) in [5.41, 5.74) is 2.41. The van der Waals surface area contributed by atoms with Gasteiger partial charge in [0.05, 0.1) is 6.61 Å². The van der Waals surface area contributed by atoms with Crippen molar-refractivity contribution in [3.8, 4) is 17.2 Å². The number of rotatable bonds is 13. The van der Waals surface area contributed by atoms with Crippen LogP contribution < -0.4 is 9.47 Å². The molecule has 0 saturated heterocycles. The summed E-state index contributed by atoms with van der Waals surface area (Å²) in [6.45, 7) is 9.09. The second kappa shape index (κ2) is 13.4. The lowest BCUT2D eigenvalue weighted by Gasteiger charge is -2.17. The Balaban J connectivity index is 1.36. The van der Waals surface area contributed by atoms with Crippen molar-refractivity contribution in [2.24, 2.45) is 5.92 Å². The third-order valence-corrected chi connectivity index (χ3v) is 8.23. The molecule has 4 aromatic rings. The second-order valence-electron chi connectivity index (χ2n) is 10.7. The molecule has 1 saturated carbocycles. The summed E-state index contributed by atoms with van der Waals surface area (Å²) in [4.78, 5) is 16.2.